The van der Waals surface area contributed by atoms with Crippen molar-refractivity contribution >= 4 is 23.1 Å². The molecular weight excluding hydrogens is 445 g/mol. The molecule has 1 heterocycles. The van der Waals surface area contributed by atoms with Crippen molar-refractivity contribution in [2.75, 3.05) is 10.6 Å². The Kier molecular flexibility index (Phi) is 7.54. The van der Waals surface area contributed by atoms with Gasteiger partial charge in [0.15, 0.2) is 0 Å². The summed E-state index contributed by atoms with van der Waals surface area (Å²) >= 11 is 0. The molecule has 182 valence electrons. The molecule has 0 aliphatic heterocycles. The first-order chi connectivity index (χ1) is 15.9. The zero-order valence-corrected chi connectivity index (χ0v) is 19.8. The second-order valence-corrected chi connectivity index (χ2v) is 8.78. The average molecular weight is 475 g/mol. The zero-order chi connectivity index (χ0) is 24.9. The molecular formula is C25H29F3N4O2. The molecule has 0 spiro atoms. The summed E-state index contributed by atoms with van der Waals surface area (Å²) < 4.78 is 52.7. The number of anilines is 4. The summed E-state index contributed by atoms with van der Waals surface area (Å²) in [6, 6.07) is 13.8. The molecule has 0 aliphatic carbocycles. The second kappa shape index (κ2) is 10.2. The fourth-order valence-electron chi connectivity index (χ4n) is 2.92. The van der Waals surface area contributed by atoms with Crippen LogP contribution in [-0.2, 0) is 6.18 Å². The molecule has 1 aromatic heterocycles. The number of aromatic nitrogens is 2. The molecule has 2 aromatic carbocycles. The largest absolute Gasteiger partial charge is 0.491 e. The average Bonchev–Trinajstić information content (AvgIpc) is 2.75. The molecule has 9 heteroatoms. The van der Waals surface area contributed by atoms with Crippen LogP contribution in [0.3, 0.4) is 0 Å². The first-order valence-corrected chi connectivity index (χ1v) is 11.0. The predicted octanol–water partition coefficient (Wildman–Crippen LogP) is 7.34. The maximum atomic E-state index is 13.7. The van der Waals surface area contributed by atoms with E-state index >= 15 is 0 Å². The lowest BCUT2D eigenvalue weighted by molar-refractivity contribution is -0.137. The van der Waals surface area contributed by atoms with E-state index in [9.17, 15) is 13.2 Å². The van der Waals surface area contributed by atoms with Gasteiger partial charge in [0.05, 0.1) is 11.8 Å². The van der Waals surface area contributed by atoms with Crippen molar-refractivity contribution in [2.24, 2.45) is 0 Å². The van der Waals surface area contributed by atoms with Crippen LogP contribution in [0.4, 0.5) is 36.3 Å². The Morgan fingerprint density at radius 1 is 0.971 bits per heavy atom. The molecule has 6 nitrogen and oxygen atoms in total. The van der Waals surface area contributed by atoms with Gasteiger partial charge in [0.1, 0.15) is 28.5 Å². The molecule has 34 heavy (non-hydrogen) atoms. The van der Waals surface area contributed by atoms with Gasteiger partial charge in [-0.3, -0.25) is 0 Å². The summed E-state index contributed by atoms with van der Waals surface area (Å²) in [6.45, 7) is 9.58. The standard InChI is InChI=1S/C25H29F3N4O2/c1-6-16(2)33-18-13-11-17(12-14-18)30-23-29-15-19(25(26,27)28)22(32-23)31-20-9-7-8-10-21(20)34-24(3,4)5/h7-16H,6H2,1-5H3,(H2,29,30,31,32). The molecule has 1 unspecified atom stereocenters. The van der Waals surface area contributed by atoms with Crippen molar-refractivity contribution < 1.29 is 22.6 Å². The third kappa shape index (κ3) is 7.00. The van der Waals surface area contributed by atoms with Crippen LogP contribution < -0.4 is 20.1 Å². The van der Waals surface area contributed by atoms with Gasteiger partial charge < -0.3 is 20.1 Å². The van der Waals surface area contributed by atoms with E-state index in [0.29, 0.717) is 22.9 Å². The number of nitrogens with zero attached hydrogens (tertiary/aromatic N) is 2. The molecule has 0 bridgehead atoms. The Morgan fingerprint density at radius 2 is 1.65 bits per heavy atom. The maximum absolute atomic E-state index is 13.7. The fraction of sp³-hybridized carbons (Fsp3) is 0.360. The van der Waals surface area contributed by atoms with Crippen molar-refractivity contribution in [3.05, 3.63) is 60.3 Å². The van der Waals surface area contributed by atoms with Crippen LogP contribution in [0.15, 0.2) is 54.7 Å². The number of alkyl halides is 3. The topological polar surface area (TPSA) is 68.3 Å². The lowest BCUT2D eigenvalue weighted by Gasteiger charge is -2.24. The van der Waals surface area contributed by atoms with Crippen LogP contribution in [-0.4, -0.2) is 21.7 Å². The van der Waals surface area contributed by atoms with Crippen LogP contribution >= 0.6 is 0 Å². The number of halogens is 3. The molecule has 0 aliphatic rings. The Bertz CT molecular complexity index is 1100. The van der Waals surface area contributed by atoms with Crippen molar-refractivity contribution in [1.29, 1.82) is 0 Å². The number of benzene rings is 2. The smallest absolute Gasteiger partial charge is 0.421 e. The van der Waals surface area contributed by atoms with Gasteiger partial charge in [-0.15, -0.1) is 0 Å². The highest BCUT2D eigenvalue weighted by Gasteiger charge is 2.35. The van der Waals surface area contributed by atoms with E-state index in [1.54, 1.807) is 48.5 Å². The van der Waals surface area contributed by atoms with Gasteiger partial charge in [-0.05, 0) is 70.5 Å². The van der Waals surface area contributed by atoms with Gasteiger partial charge >= 0.3 is 6.18 Å². The van der Waals surface area contributed by atoms with Gasteiger partial charge in [0, 0.05) is 11.9 Å². The second-order valence-electron chi connectivity index (χ2n) is 8.78. The first kappa shape index (κ1) is 25.1. The Balaban J connectivity index is 1.88. The van der Waals surface area contributed by atoms with Gasteiger partial charge in [-0.1, -0.05) is 19.1 Å². The van der Waals surface area contributed by atoms with Gasteiger partial charge in [-0.25, -0.2) is 4.98 Å². The Labute approximate surface area is 197 Å². The third-order valence-corrected chi connectivity index (χ3v) is 4.67. The normalized spacial score (nSPS) is 12.7. The van der Waals surface area contributed by atoms with Crippen LogP contribution in [0, 0.1) is 0 Å². The van der Waals surface area contributed by atoms with E-state index in [-0.39, 0.29) is 17.9 Å². The minimum Gasteiger partial charge on any atom is -0.491 e. The highest BCUT2D eigenvalue weighted by Crippen LogP contribution is 2.37. The molecule has 2 N–H and O–H groups in total. The van der Waals surface area contributed by atoms with Gasteiger partial charge in [0.2, 0.25) is 5.95 Å². The lowest BCUT2D eigenvalue weighted by atomic mass is 10.2. The highest BCUT2D eigenvalue weighted by molar-refractivity contribution is 5.67. The van der Waals surface area contributed by atoms with Gasteiger partial charge in [0.25, 0.3) is 0 Å². The van der Waals surface area contributed by atoms with E-state index in [2.05, 4.69) is 20.6 Å². The van der Waals surface area contributed by atoms with Gasteiger partial charge in [-0.2, -0.15) is 18.2 Å². The number of rotatable bonds is 8. The lowest BCUT2D eigenvalue weighted by Crippen LogP contribution is -2.23. The molecule has 0 saturated heterocycles. The Morgan fingerprint density at radius 3 is 2.26 bits per heavy atom. The van der Waals surface area contributed by atoms with E-state index in [1.165, 1.54) is 0 Å². The van der Waals surface area contributed by atoms with Crippen molar-refractivity contribution in [3.63, 3.8) is 0 Å². The maximum Gasteiger partial charge on any atom is 0.421 e. The fourth-order valence-corrected chi connectivity index (χ4v) is 2.92. The van der Waals surface area contributed by atoms with Crippen molar-refractivity contribution in [3.8, 4) is 11.5 Å². The summed E-state index contributed by atoms with van der Waals surface area (Å²) in [6.07, 6.45) is -2.93. The summed E-state index contributed by atoms with van der Waals surface area (Å²) in [7, 11) is 0. The van der Waals surface area contributed by atoms with Crippen LogP contribution in [0.5, 0.6) is 11.5 Å². The van der Waals surface area contributed by atoms with Crippen molar-refractivity contribution in [1.82, 2.24) is 9.97 Å². The molecule has 0 amide bonds. The summed E-state index contributed by atoms with van der Waals surface area (Å²) in [4.78, 5) is 7.98. The zero-order valence-electron chi connectivity index (χ0n) is 19.8. The van der Waals surface area contributed by atoms with Crippen LogP contribution in [0.2, 0.25) is 0 Å². The van der Waals surface area contributed by atoms with E-state index in [1.807, 2.05) is 34.6 Å². The first-order valence-electron chi connectivity index (χ1n) is 11.0. The number of nitrogens with one attached hydrogen (secondary N) is 2. The SMILES string of the molecule is CCC(C)Oc1ccc(Nc2ncc(C(F)(F)F)c(Nc3ccccc3OC(C)(C)C)n2)cc1. The van der Waals surface area contributed by atoms with Crippen LogP contribution in [0.25, 0.3) is 0 Å². The number of hydrogen-bond donors (Lipinski definition) is 2. The van der Waals surface area contributed by atoms with Crippen molar-refractivity contribution in [2.45, 2.75) is 58.9 Å². The monoisotopic (exact) mass is 474 g/mol. The molecule has 3 aromatic rings. The molecule has 0 saturated carbocycles. The summed E-state index contributed by atoms with van der Waals surface area (Å²) in [5, 5.41) is 5.72. The molecule has 0 radical (unpaired) electrons. The minimum atomic E-state index is -4.64. The van der Waals surface area contributed by atoms with E-state index in [0.717, 1.165) is 12.6 Å². The molecule has 3 rings (SSSR count). The highest BCUT2D eigenvalue weighted by atomic mass is 19.4. The molecule has 1 atom stereocenters. The molecule has 0 fully saturated rings. The van der Waals surface area contributed by atoms with Crippen LogP contribution in [0.1, 0.15) is 46.6 Å². The number of para-hydroxylation sites is 2. The third-order valence-electron chi connectivity index (χ3n) is 4.67. The van der Waals surface area contributed by atoms with E-state index < -0.39 is 17.3 Å². The number of ether oxygens (including phenoxy) is 2. The summed E-state index contributed by atoms with van der Waals surface area (Å²) in [5.74, 6) is 0.742. The predicted molar refractivity (Wildman–Crippen MR) is 127 cm³/mol. The summed E-state index contributed by atoms with van der Waals surface area (Å²) in [5.41, 5.74) is -0.549. The Hall–Kier alpha value is -3.49. The van der Waals surface area contributed by atoms with E-state index in [4.69, 9.17) is 9.47 Å². The minimum absolute atomic E-state index is 0.0142. The number of hydrogen-bond acceptors (Lipinski definition) is 6. The quantitative estimate of drug-likeness (QED) is 0.356.